The van der Waals surface area contributed by atoms with Crippen molar-refractivity contribution < 1.29 is 4.74 Å². The van der Waals surface area contributed by atoms with Gasteiger partial charge in [-0.3, -0.25) is 4.57 Å². The Morgan fingerprint density at radius 2 is 2.19 bits per heavy atom. The van der Waals surface area contributed by atoms with Crippen LogP contribution in [0, 0.1) is 11.7 Å². The third-order valence-corrected chi connectivity index (χ3v) is 4.04. The van der Waals surface area contributed by atoms with Crippen LogP contribution >= 0.6 is 23.8 Å². The van der Waals surface area contributed by atoms with E-state index in [1.807, 2.05) is 28.3 Å². The van der Waals surface area contributed by atoms with Gasteiger partial charge in [-0.25, -0.2) is 4.68 Å². The van der Waals surface area contributed by atoms with Crippen molar-refractivity contribution in [3.8, 4) is 11.4 Å². The molecule has 7 heteroatoms. The molecule has 0 spiro atoms. The number of rotatable bonds is 3. The van der Waals surface area contributed by atoms with Gasteiger partial charge in [-0.1, -0.05) is 11.6 Å². The van der Waals surface area contributed by atoms with Crippen molar-refractivity contribution in [1.29, 1.82) is 0 Å². The van der Waals surface area contributed by atoms with E-state index in [1.54, 1.807) is 13.2 Å². The molecule has 0 saturated heterocycles. The quantitative estimate of drug-likeness (QED) is 0.744. The number of aromatic nitrogens is 4. The second kappa shape index (κ2) is 5.20. The lowest BCUT2D eigenvalue weighted by molar-refractivity contribution is 0.415. The van der Waals surface area contributed by atoms with Crippen LogP contribution in [0.15, 0.2) is 18.2 Å². The van der Waals surface area contributed by atoms with Crippen LogP contribution in [0.3, 0.4) is 0 Å². The first-order valence-electron chi connectivity index (χ1n) is 6.58. The number of fused-ring (bicyclic) bond motifs is 1. The molecular weight excluding hydrogens is 308 g/mol. The number of imidazole rings is 1. The zero-order valence-electron chi connectivity index (χ0n) is 12.0. The number of H-pyrrole nitrogens is 1. The van der Waals surface area contributed by atoms with Gasteiger partial charge in [0.2, 0.25) is 0 Å². The van der Waals surface area contributed by atoms with E-state index >= 15 is 0 Å². The van der Waals surface area contributed by atoms with Crippen molar-refractivity contribution in [2.24, 2.45) is 0 Å². The van der Waals surface area contributed by atoms with Crippen LogP contribution in [0.25, 0.3) is 16.9 Å². The highest BCUT2D eigenvalue weighted by atomic mass is 35.5. The minimum Gasteiger partial charge on any atom is -0.495 e. The number of methoxy groups -OCH3 is 1. The summed E-state index contributed by atoms with van der Waals surface area (Å²) in [5, 5.41) is 5.09. The SMILES string of the molecule is CCn1nc(C)c2[nH]c(=S)n(-c3ccc(Cl)c(OC)c3)c21. The van der Waals surface area contributed by atoms with Gasteiger partial charge in [0, 0.05) is 12.6 Å². The van der Waals surface area contributed by atoms with Gasteiger partial charge in [0.05, 0.1) is 23.5 Å². The Kier molecular flexibility index (Phi) is 3.51. The molecular formula is C14H15ClN4OS. The largest absolute Gasteiger partial charge is 0.495 e. The van der Waals surface area contributed by atoms with Crippen LogP contribution in [0.4, 0.5) is 0 Å². The summed E-state index contributed by atoms with van der Waals surface area (Å²) < 4.78 is 9.79. The Morgan fingerprint density at radius 3 is 2.86 bits per heavy atom. The Balaban J connectivity index is 2.34. The molecule has 0 aliphatic rings. The number of aromatic amines is 1. The molecule has 2 aromatic heterocycles. The maximum atomic E-state index is 6.09. The predicted octanol–water partition coefficient (Wildman–Crippen LogP) is 3.87. The molecule has 0 aliphatic heterocycles. The number of hydrogen-bond acceptors (Lipinski definition) is 3. The van der Waals surface area contributed by atoms with E-state index in [0.717, 1.165) is 29.1 Å². The number of halogens is 1. The van der Waals surface area contributed by atoms with Crippen molar-refractivity contribution in [3.63, 3.8) is 0 Å². The molecule has 0 bridgehead atoms. The number of benzene rings is 1. The monoisotopic (exact) mass is 322 g/mol. The molecule has 1 aromatic carbocycles. The smallest absolute Gasteiger partial charge is 0.184 e. The Bertz CT molecular complexity index is 877. The first kappa shape index (κ1) is 14.2. The highest BCUT2D eigenvalue weighted by Crippen LogP contribution is 2.29. The molecule has 5 nitrogen and oxygen atoms in total. The molecule has 3 rings (SSSR count). The van der Waals surface area contributed by atoms with Gasteiger partial charge in [-0.05, 0) is 38.2 Å². The van der Waals surface area contributed by atoms with Crippen LogP contribution in [0.2, 0.25) is 5.02 Å². The molecule has 0 saturated carbocycles. The van der Waals surface area contributed by atoms with E-state index in [9.17, 15) is 0 Å². The minimum absolute atomic E-state index is 0.569. The van der Waals surface area contributed by atoms with E-state index < -0.39 is 0 Å². The highest BCUT2D eigenvalue weighted by molar-refractivity contribution is 7.71. The summed E-state index contributed by atoms with van der Waals surface area (Å²) in [5.41, 5.74) is 3.72. The average molecular weight is 323 g/mol. The molecule has 21 heavy (non-hydrogen) atoms. The van der Waals surface area contributed by atoms with E-state index in [4.69, 9.17) is 28.6 Å². The predicted molar refractivity (Wildman–Crippen MR) is 86.2 cm³/mol. The van der Waals surface area contributed by atoms with Crippen LogP contribution < -0.4 is 4.74 Å². The third kappa shape index (κ3) is 2.15. The average Bonchev–Trinajstić information content (AvgIpc) is 2.96. The summed E-state index contributed by atoms with van der Waals surface area (Å²) in [5.74, 6) is 0.615. The first-order valence-corrected chi connectivity index (χ1v) is 7.37. The molecule has 0 unspecified atom stereocenters. The maximum Gasteiger partial charge on any atom is 0.184 e. The fourth-order valence-electron chi connectivity index (χ4n) is 2.45. The van der Waals surface area contributed by atoms with Crippen LogP contribution in [0.5, 0.6) is 5.75 Å². The van der Waals surface area contributed by atoms with Gasteiger partial charge in [-0.15, -0.1) is 0 Å². The summed E-state index contributed by atoms with van der Waals surface area (Å²) in [6.45, 7) is 4.78. The second-order valence-electron chi connectivity index (χ2n) is 4.68. The summed E-state index contributed by atoms with van der Waals surface area (Å²) >= 11 is 11.6. The molecule has 110 valence electrons. The molecule has 0 amide bonds. The summed E-state index contributed by atoms with van der Waals surface area (Å²) in [7, 11) is 1.59. The normalized spacial score (nSPS) is 11.2. The fraction of sp³-hybridized carbons (Fsp3) is 0.286. The molecule has 3 aromatic rings. The van der Waals surface area contributed by atoms with E-state index in [-0.39, 0.29) is 0 Å². The maximum absolute atomic E-state index is 6.09. The molecule has 0 fully saturated rings. The summed E-state index contributed by atoms with van der Waals surface area (Å²) in [6, 6.07) is 5.58. The first-order chi connectivity index (χ1) is 10.1. The number of nitrogens with zero attached hydrogens (tertiary/aromatic N) is 3. The number of ether oxygens (including phenoxy) is 1. The fourth-order valence-corrected chi connectivity index (χ4v) is 2.94. The number of nitrogens with one attached hydrogen (secondary N) is 1. The standard InChI is InChI=1S/C14H15ClN4OS/c1-4-18-13-12(8(2)17-18)16-14(21)19(13)9-5-6-10(15)11(7-9)20-3/h5-7H,4H2,1-3H3,(H,16,21). The topological polar surface area (TPSA) is 47.8 Å². The van der Waals surface area contributed by atoms with Gasteiger partial charge < -0.3 is 9.72 Å². The summed E-state index contributed by atoms with van der Waals surface area (Å²) in [4.78, 5) is 3.22. The van der Waals surface area contributed by atoms with E-state index in [0.29, 0.717) is 15.5 Å². The summed E-state index contributed by atoms with van der Waals surface area (Å²) in [6.07, 6.45) is 0. The van der Waals surface area contributed by atoms with Crippen molar-refractivity contribution in [3.05, 3.63) is 33.7 Å². The molecule has 0 radical (unpaired) electrons. The van der Waals surface area contributed by atoms with Gasteiger partial charge in [0.1, 0.15) is 11.3 Å². The van der Waals surface area contributed by atoms with E-state index in [2.05, 4.69) is 17.0 Å². The lowest BCUT2D eigenvalue weighted by Gasteiger charge is -2.09. The second-order valence-corrected chi connectivity index (χ2v) is 5.48. The molecule has 0 atom stereocenters. The van der Waals surface area contributed by atoms with Crippen molar-refractivity contribution >= 4 is 35.0 Å². The minimum atomic E-state index is 0.569. The lowest BCUT2D eigenvalue weighted by atomic mass is 10.3. The van der Waals surface area contributed by atoms with Crippen LogP contribution in [-0.2, 0) is 6.54 Å². The lowest BCUT2D eigenvalue weighted by Crippen LogP contribution is -2.04. The van der Waals surface area contributed by atoms with Gasteiger partial charge >= 0.3 is 0 Å². The zero-order valence-corrected chi connectivity index (χ0v) is 13.5. The van der Waals surface area contributed by atoms with Gasteiger partial charge in [0.25, 0.3) is 0 Å². The van der Waals surface area contributed by atoms with Crippen LogP contribution in [0.1, 0.15) is 12.6 Å². The molecule has 1 N–H and O–H groups in total. The van der Waals surface area contributed by atoms with Crippen molar-refractivity contribution in [2.45, 2.75) is 20.4 Å². The Morgan fingerprint density at radius 1 is 1.43 bits per heavy atom. The van der Waals surface area contributed by atoms with E-state index in [1.165, 1.54) is 0 Å². The number of hydrogen-bond donors (Lipinski definition) is 1. The van der Waals surface area contributed by atoms with Gasteiger partial charge in [0.15, 0.2) is 10.4 Å². The molecule has 2 heterocycles. The number of aryl methyl sites for hydroxylation is 2. The highest BCUT2D eigenvalue weighted by Gasteiger charge is 2.16. The van der Waals surface area contributed by atoms with Crippen LogP contribution in [-0.4, -0.2) is 26.4 Å². The molecule has 0 aliphatic carbocycles. The Hall–Kier alpha value is -1.79. The van der Waals surface area contributed by atoms with Crippen molar-refractivity contribution in [2.75, 3.05) is 7.11 Å². The third-order valence-electron chi connectivity index (χ3n) is 3.44. The zero-order chi connectivity index (χ0) is 15.1. The van der Waals surface area contributed by atoms with Crippen molar-refractivity contribution in [1.82, 2.24) is 19.3 Å². The Labute approximate surface area is 132 Å². The van der Waals surface area contributed by atoms with Gasteiger partial charge in [-0.2, -0.15) is 5.10 Å².